The Kier molecular flexibility index (Phi) is 17.4. The zero-order valence-corrected chi connectivity index (χ0v) is 28.6. The van der Waals surface area contributed by atoms with Gasteiger partial charge in [0.25, 0.3) is 0 Å². The lowest BCUT2D eigenvalue weighted by atomic mass is 9.83. The van der Waals surface area contributed by atoms with Gasteiger partial charge in [0, 0.05) is 0 Å². The van der Waals surface area contributed by atoms with Gasteiger partial charge in [-0.25, -0.2) is 0 Å². The molecule has 0 amide bonds. The fourth-order valence-corrected chi connectivity index (χ4v) is 6.32. The van der Waals surface area contributed by atoms with Crippen molar-refractivity contribution in [3.63, 3.8) is 0 Å². The molecule has 2 rings (SSSR count). The fraction of sp³-hybridized carbons (Fsp3) is 0.659. The standard InChI is InChI=1S/C41H66/c1-9-13-15-16-17-18-19-20-21-22-24-36(11-3)41-30-35(8)40(31-37(41)12-4)34(7)29-39(23-14-10-2)33(6)26-25-32(5)38-27-28-38/h23,25-26,29-31,36,38H,9-22,24,27-28H2,1-8H3/b32-25-,33-26+,34-29-,39-23-. The molecule has 0 aliphatic heterocycles. The minimum absolute atomic E-state index is 0.697. The first-order valence-corrected chi connectivity index (χ1v) is 17.7. The van der Waals surface area contributed by atoms with Crippen molar-refractivity contribution in [2.45, 2.75) is 170 Å². The summed E-state index contributed by atoms with van der Waals surface area (Å²) in [5.74, 6) is 1.53. The zero-order chi connectivity index (χ0) is 30.0. The third-order valence-corrected chi connectivity index (χ3v) is 9.43. The molecule has 1 saturated carbocycles. The van der Waals surface area contributed by atoms with Crippen LogP contribution in [0.2, 0.25) is 0 Å². The predicted molar refractivity (Wildman–Crippen MR) is 187 cm³/mol. The van der Waals surface area contributed by atoms with Gasteiger partial charge in [-0.05, 0) is 117 Å². The van der Waals surface area contributed by atoms with Crippen LogP contribution in [0.1, 0.15) is 179 Å². The van der Waals surface area contributed by atoms with Gasteiger partial charge in [-0.3, -0.25) is 0 Å². The highest BCUT2D eigenvalue weighted by Gasteiger charge is 2.22. The number of hydrogen-bond donors (Lipinski definition) is 0. The Bertz CT molecular complexity index is 1010. The summed E-state index contributed by atoms with van der Waals surface area (Å²) in [5, 5.41) is 0. The van der Waals surface area contributed by atoms with Crippen LogP contribution < -0.4 is 0 Å². The van der Waals surface area contributed by atoms with Crippen molar-refractivity contribution in [2.24, 2.45) is 5.92 Å². The first kappa shape index (κ1) is 35.4. The van der Waals surface area contributed by atoms with Gasteiger partial charge in [-0.1, -0.05) is 140 Å². The van der Waals surface area contributed by atoms with E-state index < -0.39 is 0 Å². The largest absolute Gasteiger partial charge is 0.0770 e. The Balaban J connectivity index is 2.09. The maximum absolute atomic E-state index is 2.55. The Morgan fingerprint density at radius 2 is 1.44 bits per heavy atom. The maximum Gasteiger partial charge on any atom is -0.0162 e. The summed E-state index contributed by atoms with van der Waals surface area (Å²) in [7, 11) is 0. The molecule has 0 spiro atoms. The highest BCUT2D eigenvalue weighted by Crippen LogP contribution is 2.36. The van der Waals surface area contributed by atoms with Crippen molar-refractivity contribution in [1.82, 2.24) is 0 Å². The summed E-state index contributed by atoms with van der Waals surface area (Å²) in [6, 6.07) is 5.08. The van der Waals surface area contributed by atoms with Gasteiger partial charge in [0.05, 0.1) is 0 Å². The first-order valence-electron chi connectivity index (χ1n) is 17.7. The molecule has 1 fully saturated rings. The second-order valence-corrected chi connectivity index (χ2v) is 13.1. The van der Waals surface area contributed by atoms with Gasteiger partial charge in [0.15, 0.2) is 0 Å². The smallest absolute Gasteiger partial charge is 0.0162 e. The van der Waals surface area contributed by atoms with E-state index in [0.29, 0.717) is 5.92 Å². The van der Waals surface area contributed by atoms with Crippen molar-refractivity contribution in [3.8, 4) is 0 Å². The molecular formula is C41H66. The van der Waals surface area contributed by atoms with E-state index in [1.54, 1.807) is 16.7 Å². The van der Waals surface area contributed by atoms with Gasteiger partial charge in [0.1, 0.15) is 0 Å². The van der Waals surface area contributed by atoms with E-state index in [0.717, 1.165) is 18.8 Å². The first-order chi connectivity index (χ1) is 19.9. The van der Waals surface area contributed by atoms with Crippen LogP contribution in [0.3, 0.4) is 0 Å². The molecule has 0 nitrogen and oxygen atoms in total. The van der Waals surface area contributed by atoms with Crippen LogP contribution in [-0.4, -0.2) is 0 Å². The van der Waals surface area contributed by atoms with Gasteiger partial charge in [-0.2, -0.15) is 0 Å². The summed E-state index contributed by atoms with van der Waals surface area (Å²) >= 11 is 0. The van der Waals surface area contributed by atoms with Crippen molar-refractivity contribution < 1.29 is 0 Å². The average molecular weight is 559 g/mol. The zero-order valence-electron chi connectivity index (χ0n) is 28.6. The molecule has 1 aromatic carbocycles. The number of hydrogen-bond acceptors (Lipinski definition) is 0. The number of allylic oxidation sites excluding steroid dienone is 8. The van der Waals surface area contributed by atoms with Gasteiger partial charge in [-0.15, -0.1) is 0 Å². The molecule has 0 N–H and O–H groups in total. The van der Waals surface area contributed by atoms with Crippen molar-refractivity contribution in [3.05, 3.63) is 75.4 Å². The van der Waals surface area contributed by atoms with Crippen molar-refractivity contribution in [1.29, 1.82) is 0 Å². The minimum atomic E-state index is 0.697. The van der Waals surface area contributed by atoms with Crippen LogP contribution in [-0.2, 0) is 6.42 Å². The maximum atomic E-state index is 2.55. The van der Waals surface area contributed by atoms with Gasteiger partial charge in [0.2, 0.25) is 0 Å². The monoisotopic (exact) mass is 559 g/mol. The Morgan fingerprint density at radius 1 is 0.805 bits per heavy atom. The molecule has 1 aliphatic carbocycles. The van der Waals surface area contributed by atoms with Crippen LogP contribution in [0.5, 0.6) is 0 Å². The SMILES string of the molecule is CCC/C=C(/C=C(/C)c1cc(CC)c(C(CC)CCCCCCCCCCCC)cc1C)C(\C)=C\C=C(\C)C1CC1. The van der Waals surface area contributed by atoms with E-state index >= 15 is 0 Å². The molecular weight excluding hydrogens is 492 g/mol. The molecule has 0 bridgehead atoms. The minimum Gasteiger partial charge on any atom is -0.0770 e. The van der Waals surface area contributed by atoms with E-state index in [-0.39, 0.29) is 0 Å². The lowest BCUT2D eigenvalue weighted by molar-refractivity contribution is 0.516. The number of unbranched alkanes of at least 4 members (excludes halogenated alkanes) is 10. The highest BCUT2D eigenvalue weighted by atomic mass is 14.3. The Morgan fingerprint density at radius 3 is 2.00 bits per heavy atom. The molecule has 0 aromatic heterocycles. The molecule has 41 heavy (non-hydrogen) atoms. The summed E-state index contributed by atoms with van der Waals surface area (Å²) in [4.78, 5) is 0. The molecule has 0 radical (unpaired) electrons. The van der Waals surface area contributed by atoms with Gasteiger partial charge < -0.3 is 0 Å². The molecule has 0 heteroatoms. The van der Waals surface area contributed by atoms with E-state index in [1.807, 2.05) is 0 Å². The topological polar surface area (TPSA) is 0 Å². The summed E-state index contributed by atoms with van der Waals surface area (Å²) in [5.41, 5.74) is 11.8. The third-order valence-electron chi connectivity index (χ3n) is 9.43. The van der Waals surface area contributed by atoms with E-state index in [1.165, 1.54) is 124 Å². The lowest BCUT2D eigenvalue weighted by Gasteiger charge is -2.22. The Labute approximate surface area is 256 Å². The van der Waals surface area contributed by atoms with E-state index in [4.69, 9.17) is 0 Å². The second kappa shape index (κ2) is 20.1. The molecule has 0 heterocycles. The third kappa shape index (κ3) is 12.9. The van der Waals surface area contributed by atoms with Crippen LogP contribution in [0.15, 0.2) is 53.2 Å². The Hall–Kier alpha value is -1.82. The number of rotatable bonds is 21. The molecule has 1 unspecified atom stereocenters. The molecule has 1 aromatic rings. The van der Waals surface area contributed by atoms with E-state index in [9.17, 15) is 0 Å². The number of benzene rings is 1. The summed E-state index contributed by atoms with van der Waals surface area (Å²) in [6.07, 6.45) is 32.6. The van der Waals surface area contributed by atoms with E-state index in [2.05, 4.69) is 91.8 Å². The molecule has 230 valence electrons. The van der Waals surface area contributed by atoms with Crippen LogP contribution in [0.25, 0.3) is 5.57 Å². The summed E-state index contributed by atoms with van der Waals surface area (Å²) < 4.78 is 0. The van der Waals surface area contributed by atoms with Crippen LogP contribution >= 0.6 is 0 Å². The lowest BCUT2D eigenvalue weighted by Crippen LogP contribution is -2.05. The predicted octanol–water partition coefficient (Wildman–Crippen LogP) is 13.8. The fourth-order valence-electron chi connectivity index (χ4n) is 6.32. The molecule has 0 saturated heterocycles. The van der Waals surface area contributed by atoms with Crippen molar-refractivity contribution >= 4 is 5.57 Å². The highest BCUT2D eigenvalue weighted by molar-refractivity contribution is 5.71. The normalized spacial score (nSPS) is 16.0. The molecule has 1 atom stereocenters. The second-order valence-electron chi connectivity index (χ2n) is 13.1. The van der Waals surface area contributed by atoms with Crippen molar-refractivity contribution in [2.75, 3.05) is 0 Å². The van der Waals surface area contributed by atoms with Gasteiger partial charge >= 0.3 is 0 Å². The van der Waals surface area contributed by atoms with Crippen LogP contribution in [0, 0.1) is 12.8 Å². The quantitative estimate of drug-likeness (QED) is 0.104. The average Bonchev–Trinajstić information content (AvgIpc) is 3.82. The number of aryl methyl sites for hydroxylation is 2. The van der Waals surface area contributed by atoms with Crippen LogP contribution in [0.4, 0.5) is 0 Å². The molecule has 1 aliphatic rings. The summed E-state index contributed by atoms with van der Waals surface area (Å²) in [6.45, 7) is 18.6.